The maximum atomic E-state index is 11.7. The maximum absolute atomic E-state index is 11.7. The van der Waals surface area contributed by atoms with E-state index in [-0.39, 0.29) is 35.9 Å². The van der Waals surface area contributed by atoms with Crippen LogP contribution in [0.5, 0.6) is 0 Å². The third-order valence-corrected chi connectivity index (χ3v) is 3.53. The van der Waals surface area contributed by atoms with Crippen LogP contribution in [0.15, 0.2) is 4.99 Å². The van der Waals surface area contributed by atoms with E-state index in [1.165, 1.54) is 0 Å². The zero-order valence-corrected chi connectivity index (χ0v) is 17.3. The molecule has 6 nitrogen and oxygen atoms in total. The predicted molar refractivity (Wildman–Crippen MR) is 106 cm³/mol. The first kappa shape index (κ1) is 22.4. The lowest BCUT2D eigenvalue weighted by molar-refractivity contribution is -0.121. The second kappa shape index (κ2) is 12.8. The molecule has 7 heteroatoms. The highest BCUT2D eigenvalue weighted by Crippen LogP contribution is 2.13. The van der Waals surface area contributed by atoms with Gasteiger partial charge in [0.1, 0.15) is 0 Å². The van der Waals surface area contributed by atoms with Gasteiger partial charge in [0.2, 0.25) is 5.91 Å². The highest BCUT2D eigenvalue weighted by Gasteiger charge is 2.21. The average Bonchev–Trinajstić information content (AvgIpc) is 2.47. The first-order valence-corrected chi connectivity index (χ1v) is 8.51. The molecule has 0 saturated carbocycles. The van der Waals surface area contributed by atoms with Crippen molar-refractivity contribution >= 4 is 35.8 Å². The number of ether oxygens (including phenoxy) is 1. The summed E-state index contributed by atoms with van der Waals surface area (Å²) < 4.78 is 5.68. The second-order valence-electron chi connectivity index (χ2n) is 5.85. The average molecular weight is 440 g/mol. The lowest BCUT2D eigenvalue weighted by Gasteiger charge is -2.34. The van der Waals surface area contributed by atoms with Crippen LogP contribution in [0, 0.1) is 0 Å². The fourth-order valence-corrected chi connectivity index (χ4v) is 2.55. The van der Waals surface area contributed by atoms with Crippen LogP contribution in [0.3, 0.4) is 0 Å². The van der Waals surface area contributed by atoms with E-state index < -0.39 is 0 Å². The quantitative estimate of drug-likeness (QED) is 0.361. The smallest absolute Gasteiger partial charge is 0.222 e. The van der Waals surface area contributed by atoms with Gasteiger partial charge in [0.05, 0.1) is 12.6 Å². The Hall–Kier alpha value is -0.570. The standard InChI is InChI=1S/C16H32N4O2.HI/c1-5-17-16(18-10-7-15(21)19-13(3)4)20-11-8-14(9-12-20)22-6-2;/h13-14H,5-12H2,1-4H3,(H,17,18)(H,19,21);1H. The Labute approximate surface area is 157 Å². The number of hydrogen-bond donors (Lipinski definition) is 2. The molecule has 1 aliphatic rings. The van der Waals surface area contributed by atoms with Gasteiger partial charge in [-0.15, -0.1) is 24.0 Å². The molecule has 23 heavy (non-hydrogen) atoms. The van der Waals surface area contributed by atoms with Crippen molar-refractivity contribution in [2.45, 2.75) is 59.1 Å². The minimum atomic E-state index is 0. The van der Waals surface area contributed by atoms with Crippen LogP contribution in [0.4, 0.5) is 0 Å². The molecule has 1 saturated heterocycles. The number of hydrogen-bond acceptors (Lipinski definition) is 3. The van der Waals surface area contributed by atoms with Gasteiger partial charge in [-0.25, -0.2) is 0 Å². The zero-order chi connectivity index (χ0) is 16.4. The number of likely N-dealkylation sites (tertiary alicyclic amines) is 1. The first-order valence-electron chi connectivity index (χ1n) is 8.51. The van der Waals surface area contributed by atoms with Crippen molar-refractivity contribution in [3.8, 4) is 0 Å². The topological polar surface area (TPSA) is 66.0 Å². The normalized spacial score (nSPS) is 16.2. The lowest BCUT2D eigenvalue weighted by Crippen LogP contribution is -2.47. The van der Waals surface area contributed by atoms with Crippen molar-refractivity contribution in [2.24, 2.45) is 4.99 Å². The number of nitrogens with zero attached hydrogens (tertiary/aromatic N) is 2. The Kier molecular flexibility index (Phi) is 12.5. The predicted octanol–water partition coefficient (Wildman–Crippen LogP) is 1.99. The fraction of sp³-hybridized carbons (Fsp3) is 0.875. The van der Waals surface area contributed by atoms with E-state index in [0.717, 1.165) is 45.0 Å². The summed E-state index contributed by atoms with van der Waals surface area (Å²) in [6, 6.07) is 0.183. The monoisotopic (exact) mass is 440 g/mol. The van der Waals surface area contributed by atoms with Crippen molar-refractivity contribution < 1.29 is 9.53 Å². The van der Waals surface area contributed by atoms with E-state index in [1.54, 1.807) is 0 Å². The van der Waals surface area contributed by atoms with Crippen LogP contribution in [-0.4, -0.2) is 61.7 Å². The molecule has 1 amide bonds. The van der Waals surface area contributed by atoms with Gasteiger partial charge in [0, 0.05) is 38.7 Å². The molecule has 1 aliphatic heterocycles. The van der Waals surface area contributed by atoms with Gasteiger partial charge in [-0.1, -0.05) is 0 Å². The van der Waals surface area contributed by atoms with Gasteiger partial charge in [0.15, 0.2) is 5.96 Å². The Bertz CT molecular complexity index is 356. The Morgan fingerprint density at radius 1 is 1.30 bits per heavy atom. The number of rotatable bonds is 7. The summed E-state index contributed by atoms with van der Waals surface area (Å²) in [5, 5.41) is 6.21. The Balaban J connectivity index is 0.00000484. The van der Waals surface area contributed by atoms with Crippen molar-refractivity contribution in [3.63, 3.8) is 0 Å². The van der Waals surface area contributed by atoms with Crippen LogP contribution < -0.4 is 10.6 Å². The summed E-state index contributed by atoms with van der Waals surface area (Å²) in [5.41, 5.74) is 0. The lowest BCUT2D eigenvalue weighted by atomic mass is 10.1. The molecular weight excluding hydrogens is 407 g/mol. The highest BCUT2D eigenvalue weighted by atomic mass is 127. The van der Waals surface area contributed by atoms with Crippen molar-refractivity contribution in [1.29, 1.82) is 0 Å². The maximum Gasteiger partial charge on any atom is 0.222 e. The SMILES string of the molecule is CCNC(=NCCC(=O)NC(C)C)N1CCC(OCC)CC1.I. The number of halogens is 1. The number of guanidine groups is 1. The van der Waals surface area contributed by atoms with E-state index in [9.17, 15) is 4.79 Å². The minimum Gasteiger partial charge on any atom is -0.378 e. The summed E-state index contributed by atoms with van der Waals surface area (Å²) >= 11 is 0. The minimum absolute atomic E-state index is 0. The first-order chi connectivity index (χ1) is 10.6. The molecule has 1 fully saturated rings. The number of nitrogens with one attached hydrogen (secondary N) is 2. The molecule has 136 valence electrons. The third-order valence-electron chi connectivity index (χ3n) is 3.53. The van der Waals surface area contributed by atoms with E-state index in [0.29, 0.717) is 19.1 Å². The molecule has 0 aliphatic carbocycles. The number of carbonyl (C=O) groups excluding carboxylic acids is 1. The van der Waals surface area contributed by atoms with Crippen LogP contribution in [0.25, 0.3) is 0 Å². The molecule has 0 radical (unpaired) electrons. The molecule has 0 atom stereocenters. The van der Waals surface area contributed by atoms with Gasteiger partial charge < -0.3 is 20.3 Å². The largest absolute Gasteiger partial charge is 0.378 e. The molecule has 0 aromatic heterocycles. The van der Waals surface area contributed by atoms with Gasteiger partial charge in [-0.3, -0.25) is 9.79 Å². The number of amides is 1. The molecule has 0 unspecified atom stereocenters. The van der Waals surface area contributed by atoms with E-state index in [1.807, 2.05) is 20.8 Å². The highest BCUT2D eigenvalue weighted by molar-refractivity contribution is 14.0. The summed E-state index contributed by atoms with van der Waals surface area (Å²) in [6.07, 6.45) is 2.88. The van der Waals surface area contributed by atoms with Crippen LogP contribution >= 0.6 is 24.0 Å². The van der Waals surface area contributed by atoms with Crippen LogP contribution in [0.1, 0.15) is 47.0 Å². The second-order valence-corrected chi connectivity index (χ2v) is 5.85. The van der Waals surface area contributed by atoms with Crippen LogP contribution in [-0.2, 0) is 9.53 Å². The molecule has 2 N–H and O–H groups in total. The molecule has 1 rings (SSSR count). The molecule has 1 heterocycles. The van der Waals surface area contributed by atoms with E-state index >= 15 is 0 Å². The molecular formula is C16H33IN4O2. The van der Waals surface area contributed by atoms with E-state index in [2.05, 4.69) is 27.4 Å². The van der Waals surface area contributed by atoms with Crippen molar-refractivity contribution in [2.75, 3.05) is 32.8 Å². The molecule has 0 bridgehead atoms. The van der Waals surface area contributed by atoms with Crippen molar-refractivity contribution in [1.82, 2.24) is 15.5 Å². The van der Waals surface area contributed by atoms with Gasteiger partial charge in [-0.05, 0) is 40.5 Å². The van der Waals surface area contributed by atoms with E-state index in [4.69, 9.17) is 4.74 Å². The zero-order valence-electron chi connectivity index (χ0n) is 14.9. The van der Waals surface area contributed by atoms with Gasteiger partial charge >= 0.3 is 0 Å². The summed E-state index contributed by atoms with van der Waals surface area (Å²) in [4.78, 5) is 18.5. The molecule has 0 aromatic carbocycles. The number of piperidine rings is 1. The third kappa shape index (κ3) is 9.34. The van der Waals surface area contributed by atoms with Crippen molar-refractivity contribution in [3.05, 3.63) is 0 Å². The summed E-state index contributed by atoms with van der Waals surface area (Å²) in [6.45, 7) is 12.1. The summed E-state index contributed by atoms with van der Waals surface area (Å²) in [5.74, 6) is 0.972. The molecule has 0 aromatic rings. The Morgan fingerprint density at radius 3 is 2.48 bits per heavy atom. The number of carbonyl (C=O) groups is 1. The Morgan fingerprint density at radius 2 is 1.96 bits per heavy atom. The fourth-order valence-electron chi connectivity index (χ4n) is 2.55. The number of aliphatic imine (C=N–C) groups is 1. The van der Waals surface area contributed by atoms with Gasteiger partial charge in [-0.2, -0.15) is 0 Å². The van der Waals surface area contributed by atoms with Gasteiger partial charge in [0.25, 0.3) is 0 Å². The summed E-state index contributed by atoms with van der Waals surface area (Å²) in [7, 11) is 0. The van der Waals surface area contributed by atoms with Crippen LogP contribution in [0.2, 0.25) is 0 Å². The molecule has 0 spiro atoms.